The second-order valence-corrected chi connectivity index (χ2v) is 6.32. The lowest BCUT2D eigenvalue weighted by molar-refractivity contribution is 0.0950. The minimum absolute atomic E-state index is 0.116. The first-order valence-electron chi connectivity index (χ1n) is 8.85. The highest BCUT2D eigenvalue weighted by Crippen LogP contribution is 2.33. The predicted octanol–water partition coefficient (Wildman–Crippen LogP) is 2.94. The summed E-state index contributed by atoms with van der Waals surface area (Å²) in [6.07, 6.45) is 2.44. The van der Waals surface area contributed by atoms with Gasteiger partial charge in [-0.1, -0.05) is 43.3 Å². The molecule has 132 valence electrons. The van der Waals surface area contributed by atoms with Crippen LogP contribution in [0.5, 0.6) is 0 Å². The van der Waals surface area contributed by atoms with Gasteiger partial charge in [-0.25, -0.2) is 4.68 Å². The first kappa shape index (κ1) is 16.3. The molecule has 1 unspecified atom stereocenters. The smallest absolute Gasteiger partial charge is 0.257 e. The van der Waals surface area contributed by atoms with Crippen LogP contribution >= 0.6 is 0 Å². The third kappa shape index (κ3) is 3.06. The maximum atomic E-state index is 12.8. The van der Waals surface area contributed by atoms with Gasteiger partial charge in [0.2, 0.25) is 0 Å². The van der Waals surface area contributed by atoms with E-state index in [4.69, 9.17) is 0 Å². The fraction of sp³-hybridized carbons (Fsp3) is 0.250. The van der Waals surface area contributed by atoms with Gasteiger partial charge in [0.1, 0.15) is 11.4 Å². The maximum absolute atomic E-state index is 12.8. The first-order valence-corrected chi connectivity index (χ1v) is 8.85. The number of aryl methyl sites for hydroxylation is 1. The zero-order chi connectivity index (χ0) is 17.9. The molecule has 2 aromatic heterocycles. The fourth-order valence-electron chi connectivity index (χ4n) is 3.30. The molecule has 2 N–H and O–H groups in total. The van der Waals surface area contributed by atoms with Crippen LogP contribution < -0.4 is 10.6 Å². The van der Waals surface area contributed by atoms with Crippen molar-refractivity contribution in [2.45, 2.75) is 32.5 Å². The predicted molar refractivity (Wildman–Crippen MR) is 99.8 cm³/mol. The van der Waals surface area contributed by atoms with E-state index in [1.807, 2.05) is 48.0 Å². The second-order valence-electron chi connectivity index (χ2n) is 6.32. The van der Waals surface area contributed by atoms with Crippen LogP contribution in [0.4, 0.5) is 5.82 Å². The third-order valence-electron chi connectivity index (χ3n) is 4.61. The molecule has 4 rings (SSSR count). The van der Waals surface area contributed by atoms with E-state index in [-0.39, 0.29) is 11.9 Å². The van der Waals surface area contributed by atoms with Crippen molar-refractivity contribution in [3.05, 3.63) is 77.2 Å². The van der Waals surface area contributed by atoms with Crippen LogP contribution in [0.3, 0.4) is 0 Å². The normalized spacial score (nSPS) is 15.3. The van der Waals surface area contributed by atoms with E-state index in [2.05, 4.69) is 32.8 Å². The highest BCUT2D eigenvalue weighted by Gasteiger charge is 2.30. The number of amides is 1. The Kier molecular flexibility index (Phi) is 4.39. The molecule has 0 spiro atoms. The van der Waals surface area contributed by atoms with Crippen molar-refractivity contribution in [3.63, 3.8) is 0 Å². The molecule has 0 saturated heterocycles. The molecule has 1 aromatic carbocycles. The summed E-state index contributed by atoms with van der Waals surface area (Å²) in [5.74, 6) is 0.684. The molecule has 6 nitrogen and oxygen atoms in total. The zero-order valence-corrected chi connectivity index (χ0v) is 14.6. The number of anilines is 1. The third-order valence-corrected chi connectivity index (χ3v) is 4.61. The molecule has 6 heteroatoms. The number of carbonyl (C=O) groups is 1. The molecule has 1 amide bonds. The zero-order valence-electron chi connectivity index (χ0n) is 14.6. The molecular weight excluding hydrogens is 326 g/mol. The van der Waals surface area contributed by atoms with Gasteiger partial charge in [0.25, 0.3) is 5.91 Å². The van der Waals surface area contributed by atoms with Crippen LogP contribution in [-0.2, 0) is 19.5 Å². The monoisotopic (exact) mass is 347 g/mol. The van der Waals surface area contributed by atoms with E-state index in [9.17, 15) is 4.79 Å². The van der Waals surface area contributed by atoms with E-state index in [0.29, 0.717) is 18.5 Å². The summed E-state index contributed by atoms with van der Waals surface area (Å²) in [7, 11) is 0. The minimum Gasteiger partial charge on any atom is -0.361 e. The van der Waals surface area contributed by atoms with Gasteiger partial charge >= 0.3 is 0 Å². The summed E-state index contributed by atoms with van der Waals surface area (Å²) < 4.78 is 1.91. The summed E-state index contributed by atoms with van der Waals surface area (Å²) >= 11 is 0. The van der Waals surface area contributed by atoms with Crippen molar-refractivity contribution >= 4 is 11.7 Å². The SMILES string of the molecule is CCc1nn2c(c1C(=O)NCc1ccccn1)NC(c1ccccc1)C2. The van der Waals surface area contributed by atoms with Gasteiger partial charge in [0.15, 0.2) is 0 Å². The molecule has 26 heavy (non-hydrogen) atoms. The quantitative estimate of drug-likeness (QED) is 0.744. The van der Waals surface area contributed by atoms with Gasteiger partial charge in [-0.2, -0.15) is 5.10 Å². The topological polar surface area (TPSA) is 71.8 Å². The van der Waals surface area contributed by atoms with Gasteiger partial charge in [-0.15, -0.1) is 0 Å². The number of pyridine rings is 1. The first-order chi connectivity index (χ1) is 12.8. The summed E-state index contributed by atoms with van der Waals surface area (Å²) in [5, 5.41) is 11.1. The molecule has 0 bridgehead atoms. The van der Waals surface area contributed by atoms with E-state index < -0.39 is 0 Å². The van der Waals surface area contributed by atoms with Gasteiger partial charge in [0.05, 0.1) is 30.5 Å². The van der Waals surface area contributed by atoms with E-state index in [1.165, 1.54) is 5.56 Å². The molecule has 1 atom stereocenters. The molecule has 3 heterocycles. The summed E-state index contributed by atoms with van der Waals surface area (Å²) in [6.45, 7) is 3.14. The Bertz CT molecular complexity index is 905. The van der Waals surface area contributed by atoms with Gasteiger partial charge in [-0.05, 0) is 24.1 Å². The summed E-state index contributed by atoms with van der Waals surface area (Å²) in [4.78, 5) is 17.1. The number of aromatic nitrogens is 3. The number of hydrogen-bond donors (Lipinski definition) is 2. The maximum Gasteiger partial charge on any atom is 0.257 e. The van der Waals surface area contributed by atoms with Crippen LogP contribution in [0.25, 0.3) is 0 Å². The average Bonchev–Trinajstić information content (AvgIpc) is 3.25. The van der Waals surface area contributed by atoms with E-state index >= 15 is 0 Å². The number of nitrogens with one attached hydrogen (secondary N) is 2. The summed E-state index contributed by atoms with van der Waals surface area (Å²) in [6, 6.07) is 16.0. The van der Waals surface area contributed by atoms with Gasteiger partial charge in [-0.3, -0.25) is 9.78 Å². The van der Waals surface area contributed by atoms with Crippen molar-refractivity contribution < 1.29 is 4.79 Å². The fourth-order valence-corrected chi connectivity index (χ4v) is 3.30. The number of carbonyl (C=O) groups excluding carboxylic acids is 1. The molecule has 0 saturated carbocycles. The van der Waals surface area contributed by atoms with Gasteiger partial charge in [0, 0.05) is 6.20 Å². The van der Waals surface area contributed by atoms with Crippen LogP contribution in [0, 0.1) is 0 Å². The Balaban J connectivity index is 1.55. The molecule has 0 aliphatic carbocycles. The number of rotatable bonds is 5. The Hall–Kier alpha value is -3.15. The number of nitrogens with zero attached hydrogens (tertiary/aromatic N) is 3. The van der Waals surface area contributed by atoms with Crippen molar-refractivity contribution in [2.24, 2.45) is 0 Å². The standard InChI is InChI=1S/C20H21N5O/c1-2-16-18(20(26)22-12-15-10-6-7-11-21-15)19-23-17(13-25(19)24-16)14-8-4-3-5-9-14/h3-11,17,23H,2,12-13H2,1H3,(H,22,26). The summed E-state index contributed by atoms with van der Waals surface area (Å²) in [5.41, 5.74) is 3.48. The number of fused-ring (bicyclic) bond motifs is 1. The van der Waals surface area contributed by atoms with E-state index in [0.717, 1.165) is 23.8 Å². The Morgan fingerprint density at radius 2 is 2.04 bits per heavy atom. The lowest BCUT2D eigenvalue weighted by Gasteiger charge is -2.12. The van der Waals surface area contributed by atoms with Crippen molar-refractivity contribution in [3.8, 4) is 0 Å². The Morgan fingerprint density at radius 1 is 1.23 bits per heavy atom. The van der Waals surface area contributed by atoms with Crippen molar-refractivity contribution in [1.82, 2.24) is 20.1 Å². The van der Waals surface area contributed by atoms with Gasteiger partial charge < -0.3 is 10.6 Å². The Morgan fingerprint density at radius 3 is 2.77 bits per heavy atom. The van der Waals surface area contributed by atoms with Crippen LogP contribution in [0.1, 0.15) is 40.3 Å². The average molecular weight is 347 g/mol. The van der Waals surface area contributed by atoms with E-state index in [1.54, 1.807) is 6.20 Å². The van der Waals surface area contributed by atoms with Crippen LogP contribution in [0.2, 0.25) is 0 Å². The van der Waals surface area contributed by atoms with Crippen LogP contribution in [-0.4, -0.2) is 20.7 Å². The lowest BCUT2D eigenvalue weighted by atomic mass is 10.1. The number of hydrogen-bond acceptors (Lipinski definition) is 4. The molecule has 3 aromatic rings. The molecule has 0 radical (unpaired) electrons. The largest absolute Gasteiger partial charge is 0.361 e. The second kappa shape index (κ2) is 7.00. The number of benzene rings is 1. The molecule has 1 aliphatic rings. The highest BCUT2D eigenvalue weighted by atomic mass is 16.1. The molecule has 1 aliphatic heterocycles. The molecular formula is C20H21N5O. The van der Waals surface area contributed by atoms with Crippen LogP contribution in [0.15, 0.2) is 54.7 Å². The lowest BCUT2D eigenvalue weighted by Crippen LogP contribution is -2.25. The Labute approximate surface area is 152 Å². The molecule has 0 fully saturated rings. The van der Waals surface area contributed by atoms with Crippen molar-refractivity contribution in [2.75, 3.05) is 5.32 Å². The van der Waals surface area contributed by atoms with Crippen molar-refractivity contribution in [1.29, 1.82) is 0 Å². The minimum atomic E-state index is -0.116. The highest BCUT2D eigenvalue weighted by molar-refractivity contribution is 6.00.